The third-order valence-electron chi connectivity index (χ3n) is 3.57. The fourth-order valence-electron chi connectivity index (χ4n) is 2.34. The highest BCUT2D eigenvalue weighted by Gasteiger charge is 2.04. The van der Waals surface area contributed by atoms with Crippen molar-refractivity contribution in [2.24, 2.45) is 0 Å². The monoisotopic (exact) mass is 338 g/mol. The van der Waals surface area contributed by atoms with E-state index in [2.05, 4.69) is 20.6 Å². The highest BCUT2D eigenvalue weighted by molar-refractivity contribution is 5.57. The Morgan fingerprint density at radius 2 is 1.84 bits per heavy atom. The summed E-state index contributed by atoms with van der Waals surface area (Å²) in [5, 5.41) is 6.41. The van der Waals surface area contributed by atoms with Gasteiger partial charge in [0, 0.05) is 30.1 Å². The van der Waals surface area contributed by atoms with Crippen LogP contribution in [-0.4, -0.2) is 17.1 Å². The molecule has 0 bridgehead atoms. The van der Waals surface area contributed by atoms with Gasteiger partial charge in [-0.25, -0.2) is 9.37 Å². The van der Waals surface area contributed by atoms with Crippen LogP contribution in [0.5, 0.6) is 5.75 Å². The molecule has 25 heavy (non-hydrogen) atoms. The molecule has 128 valence electrons. The quantitative estimate of drug-likeness (QED) is 0.702. The fourth-order valence-corrected chi connectivity index (χ4v) is 2.34. The van der Waals surface area contributed by atoms with Gasteiger partial charge in [0.1, 0.15) is 17.4 Å². The van der Waals surface area contributed by atoms with Crippen LogP contribution in [0.15, 0.2) is 54.6 Å². The minimum atomic E-state index is -0.244. The van der Waals surface area contributed by atoms with Crippen molar-refractivity contribution < 1.29 is 9.13 Å². The summed E-state index contributed by atoms with van der Waals surface area (Å²) < 4.78 is 18.2. The number of hydrogen-bond donors (Lipinski definition) is 2. The molecule has 0 aliphatic rings. The Labute approximate surface area is 145 Å². The molecule has 3 rings (SSSR count). The van der Waals surface area contributed by atoms with Crippen molar-refractivity contribution in [3.8, 4) is 5.75 Å². The minimum Gasteiger partial charge on any atom is -0.497 e. The molecule has 0 fully saturated rings. The summed E-state index contributed by atoms with van der Waals surface area (Å²) in [6.07, 6.45) is 0. The van der Waals surface area contributed by atoms with E-state index in [1.165, 1.54) is 12.1 Å². The van der Waals surface area contributed by atoms with Crippen molar-refractivity contribution in [1.29, 1.82) is 0 Å². The number of nitrogens with one attached hydrogen (secondary N) is 2. The lowest BCUT2D eigenvalue weighted by Crippen LogP contribution is -2.05. The first-order valence-corrected chi connectivity index (χ1v) is 7.87. The number of anilines is 3. The number of benzene rings is 2. The van der Waals surface area contributed by atoms with Gasteiger partial charge in [0.2, 0.25) is 5.95 Å². The van der Waals surface area contributed by atoms with E-state index in [4.69, 9.17) is 4.74 Å². The molecular formula is C19H19FN4O. The lowest BCUT2D eigenvalue weighted by atomic mass is 10.2. The second kappa shape index (κ2) is 7.61. The van der Waals surface area contributed by atoms with Gasteiger partial charge in [-0.1, -0.05) is 18.2 Å². The largest absolute Gasteiger partial charge is 0.497 e. The molecule has 1 aromatic heterocycles. The van der Waals surface area contributed by atoms with Gasteiger partial charge in [-0.05, 0) is 36.8 Å². The Balaban J connectivity index is 1.72. The summed E-state index contributed by atoms with van der Waals surface area (Å²) in [7, 11) is 1.62. The van der Waals surface area contributed by atoms with Gasteiger partial charge in [-0.2, -0.15) is 4.98 Å². The molecule has 0 atom stereocenters. The standard InChI is InChI=1S/C19H19FN4O/c1-13-10-18(21-12-14-6-8-15(20)9-7-14)24-19(22-13)23-16-4-3-5-17(11-16)25-2/h3-11H,12H2,1-2H3,(H2,21,22,23,24). The number of aromatic nitrogens is 2. The summed E-state index contributed by atoms with van der Waals surface area (Å²) in [5.74, 6) is 1.70. The van der Waals surface area contributed by atoms with E-state index in [1.54, 1.807) is 19.2 Å². The number of halogens is 1. The summed E-state index contributed by atoms with van der Waals surface area (Å²) in [5.41, 5.74) is 2.65. The van der Waals surface area contributed by atoms with Crippen LogP contribution in [0.4, 0.5) is 21.8 Å². The second-order valence-electron chi connectivity index (χ2n) is 5.56. The molecule has 0 amide bonds. The smallest absolute Gasteiger partial charge is 0.229 e. The maximum Gasteiger partial charge on any atom is 0.229 e. The number of aryl methyl sites for hydroxylation is 1. The molecule has 2 aromatic carbocycles. The molecular weight excluding hydrogens is 319 g/mol. The van der Waals surface area contributed by atoms with E-state index in [-0.39, 0.29) is 5.82 Å². The van der Waals surface area contributed by atoms with Crippen LogP contribution in [0.1, 0.15) is 11.3 Å². The molecule has 0 radical (unpaired) electrons. The summed E-state index contributed by atoms with van der Waals surface area (Å²) >= 11 is 0. The van der Waals surface area contributed by atoms with Crippen LogP contribution < -0.4 is 15.4 Å². The average Bonchev–Trinajstić information content (AvgIpc) is 2.61. The third-order valence-corrected chi connectivity index (χ3v) is 3.57. The van der Waals surface area contributed by atoms with Gasteiger partial charge in [0.25, 0.3) is 0 Å². The number of hydrogen-bond acceptors (Lipinski definition) is 5. The van der Waals surface area contributed by atoms with Crippen LogP contribution in [0.25, 0.3) is 0 Å². The van der Waals surface area contributed by atoms with Crippen molar-refractivity contribution in [3.05, 3.63) is 71.7 Å². The maximum atomic E-state index is 13.0. The topological polar surface area (TPSA) is 59.1 Å². The van der Waals surface area contributed by atoms with Gasteiger partial charge in [-0.3, -0.25) is 0 Å². The van der Waals surface area contributed by atoms with Crippen molar-refractivity contribution in [2.75, 3.05) is 17.7 Å². The van der Waals surface area contributed by atoms with Crippen LogP contribution >= 0.6 is 0 Å². The Bertz CT molecular complexity index is 852. The van der Waals surface area contributed by atoms with Gasteiger partial charge >= 0.3 is 0 Å². The number of ether oxygens (including phenoxy) is 1. The Kier molecular flexibility index (Phi) is 5.09. The zero-order valence-corrected chi connectivity index (χ0v) is 14.1. The van der Waals surface area contributed by atoms with Gasteiger partial charge < -0.3 is 15.4 Å². The SMILES string of the molecule is COc1cccc(Nc2nc(C)cc(NCc3ccc(F)cc3)n2)c1. The lowest BCUT2D eigenvalue weighted by Gasteiger charge is -2.11. The zero-order chi connectivity index (χ0) is 17.6. The molecule has 0 aliphatic carbocycles. The minimum absolute atomic E-state index is 0.244. The van der Waals surface area contributed by atoms with Crippen molar-refractivity contribution in [1.82, 2.24) is 9.97 Å². The second-order valence-corrected chi connectivity index (χ2v) is 5.56. The van der Waals surface area contributed by atoms with E-state index in [0.717, 1.165) is 22.7 Å². The van der Waals surface area contributed by atoms with Gasteiger partial charge in [0.05, 0.1) is 7.11 Å². The molecule has 0 unspecified atom stereocenters. The summed E-state index contributed by atoms with van der Waals surface area (Å²) in [6, 6.07) is 15.8. The van der Waals surface area contributed by atoms with Crippen LogP contribution in [-0.2, 0) is 6.54 Å². The fraction of sp³-hybridized carbons (Fsp3) is 0.158. The first-order valence-electron chi connectivity index (χ1n) is 7.87. The van der Waals surface area contributed by atoms with E-state index in [9.17, 15) is 4.39 Å². The third kappa shape index (κ3) is 4.67. The van der Waals surface area contributed by atoms with E-state index in [0.29, 0.717) is 18.3 Å². The summed E-state index contributed by atoms with van der Waals surface area (Å²) in [6.45, 7) is 2.46. The molecule has 0 saturated heterocycles. The first-order chi connectivity index (χ1) is 12.1. The Hall–Kier alpha value is -3.15. The molecule has 6 heteroatoms. The molecule has 5 nitrogen and oxygen atoms in total. The Morgan fingerprint density at radius 1 is 1.04 bits per heavy atom. The molecule has 0 aliphatic heterocycles. The zero-order valence-electron chi connectivity index (χ0n) is 14.1. The molecule has 0 spiro atoms. The molecule has 1 heterocycles. The van der Waals surface area contributed by atoms with Gasteiger partial charge in [0.15, 0.2) is 0 Å². The van der Waals surface area contributed by atoms with Crippen LogP contribution in [0, 0.1) is 12.7 Å². The molecule has 0 saturated carbocycles. The lowest BCUT2D eigenvalue weighted by molar-refractivity contribution is 0.415. The molecule has 3 aromatic rings. The average molecular weight is 338 g/mol. The Morgan fingerprint density at radius 3 is 2.60 bits per heavy atom. The predicted octanol–water partition coefficient (Wildman–Crippen LogP) is 4.29. The first kappa shape index (κ1) is 16.7. The predicted molar refractivity (Wildman–Crippen MR) is 96.8 cm³/mol. The van der Waals surface area contributed by atoms with E-state index in [1.807, 2.05) is 37.3 Å². The van der Waals surface area contributed by atoms with Crippen LogP contribution in [0.3, 0.4) is 0 Å². The number of nitrogens with zero attached hydrogens (tertiary/aromatic N) is 2. The van der Waals surface area contributed by atoms with Crippen molar-refractivity contribution >= 4 is 17.5 Å². The summed E-state index contributed by atoms with van der Waals surface area (Å²) in [4.78, 5) is 8.87. The van der Waals surface area contributed by atoms with Crippen molar-refractivity contribution in [3.63, 3.8) is 0 Å². The number of methoxy groups -OCH3 is 1. The van der Waals surface area contributed by atoms with E-state index >= 15 is 0 Å². The van der Waals surface area contributed by atoms with Crippen molar-refractivity contribution in [2.45, 2.75) is 13.5 Å². The van der Waals surface area contributed by atoms with Gasteiger partial charge in [-0.15, -0.1) is 0 Å². The van der Waals surface area contributed by atoms with E-state index < -0.39 is 0 Å². The van der Waals surface area contributed by atoms with Crippen LogP contribution in [0.2, 0.25) is 0 Å². The maximum absolute atomic E-state index is 13.0. The highest BCUT2D eigenvalue weighted by Crippen LogP contribution is 2.20. The highest BCUT2D eigenvalue weighted by atomic mass is 19.1. The molecule has 2 N–H and O–H groups in total. The normalized spacial score (nSPS) is 10.4. The number of rotatable bonds is 6.